The molecule has 108 valence electrons. The van der Waals surface area contributed by atoms with Crippen LogP contribution in [0.1, 0.15) is 5.56 Å². The van der Waals surface area contributed by atoms with Crippen LogP contribution in [0, 0.1) is 5.82 Å². The third kappa shape index (κ3) is 2.24. The molecule has 0 atom stereocenters. The fourth-order valence-electron chi connectivity index (χ4n) is 2.43. The normalized spacial score (nSPS) is 11.0. The summed E-state index contributed by atoms with van der Waals surface area (Å²) >= 11 is 0. The van der Waals surface area contributed by atoms with E-state index in [2.05, 4.69) is 5.10 Å². The van der Waals surface area contributed by atoms with Crippen molar-refractivity contribution in [2.45, 2.75) is 6.54 Å². The summed E-state index contributed by atoms with van der Waals surface area (Å²) in [7, 11) is 1.52. The van der Waals surface area contributed by atoms with Gasteiger partial charge in [-0.3, -0.25) is 4.68 Å². The zero-order valence-corrected chi connectivity index (χ0v) is 11.5. The average Bonchev–Trinajstić information content (AvgIpc) is 2.77. The van der Waals surface area contributed by atoms with Gasteiger partial charge in [-0.25, -0.2) is 4.39 Å². The van der Waals surface area contributed by atoms with Gasteiger partial charge in [0.2, 0.25) is 0 Å². The number of halogens is 1. The fraction of sp³-hybridized carbons (Fsp3) is 0.133. The third-order valence-corrected chi connectivity index (χ3v) is 3.34. The van der Waals surface area contributed by atoms with Crippen molar-refractivity contribution in [1.82, 2.24) is 9.78 Å². The van der Waals surface area contributed by atoms with Crippen molar-refractivity contribution in [3.8, 4) is 5.75 Å². The van der Waals surface area contributed by atoms with Gasteiger partial charge in [0.1, 0.15) is 17.1 Å². The Balaban J connectivity index is 2.15. The van der Waals surface area contributed by atoms with Crippen LogP contribution in [0.3, 0.4) is 0 Å². The van der Waals surface area contributed by atoms with Crippen molar-refractivity contribution in [3.05, 3.63) is 47.8 Å². The number of anilines is 2. The molecule has 0 unspecified atom stereocenters. The van der Waals surface area contributed by atoms with Crippen LogP contribution in [-0.2, 0) is 6.54 Å². The predicted molar refractivity (Wildman–Crippen MR) is 80.6 cm³/mol. The Morgan fingerprint density at radius 1 is 1.24 bits per heavy atom. The van der Waals surface area contributed by atoms with Crippen LogP contribution in [0.5, 0.6) is 5.75 Å². The van der Waals surface area contributed by atoms with Gasteiger partial charge in [0.25, 0.3) is 0 Å². The van der Waals surface area contributed by atoms with Gasteiger partial charge in [-0.2, -0.15) is 5.10 Å². The number of hydrogen-bond acceptors (Lipinski definition) is 4. The molecule has 2 aromatic carbocycles. The predicted octanol–water partition coefficient (Wildman–Crippen LogP) is 2.40. The van der Waals surface area contributed by atoms with E-state index in [1.54, 1.807) is 12.1 Å². The second-order valence-electron chi connectivity index (χ2n) is 4.76. The lowest BCUT2D eigenvalue weighted by atomic mass is 10.2. The summed E-state index contributed by atoms with van der Waals surface area (Å²) in [6.45, 7) is 0.378. The maximum absolute atomic E-state index is 14.2. The minimum atomic E-state index is -0.390. The van der Waals surface area contributed by atoms with E-state index in [0.29, 0.717) is 28.9 Å². The number of nitrogens with two attached hydrogens (primary N) is 2. The Kier molecular flexibility index (Phi) is 3.13. The Labute approximate surface area is 120 Å². The van der Waals surface area contributed by atoms with Gasteiger partial charge in [-0.15, -0.1) is 0 Å². The van der Waals surface area contributed by atoms with Crippen LogP contribution >= 0.6 is 0 Å². The summed E-state index contributed by atoms with van der Waals surface area (Å²) in [5.41, 5.74) is 13.6. The lowest BCUT2D eigenvalue weighted by Gasteiger charge is -2.06. The van der Waals surface area contributed by atoms with Crippen LogP contribution < -0.4 is 16.2 Å². The van der Waals surface area contributed by atoms with E-state index < -0.39 is 0 Å². The first kappa shape index (κ1) is 13.2. The lowest BCUT2D eigenvalue weighted by molar-refractivity contribution is 0.419. The van der Waals surface area contributed by atoms with Gasteiger partial charge in [0.15, 0.2) is 5.82 Å². The van der Waals surface area contributed by atoms with Gasteiger partial charge in [0, 0.05) is 5.69 Å². The van der Waals surface area contributed by atoms with Crippen LogP contribution in [0.2, 0.25) is 0 Å². The van der Waals surface area contributed by atoms with E-state index in [4.69, 9.17) is 16.2 Å². The highest BCUT2D eigenvalue weighted by Crippen LogP contribution is 2.32. The molecule has 0 radical (unpaired) electrons. The molecule has 5 nitrogen and oxygen atoms in total. The summed E-state index contributed by atoms with van der Waals surface area (Å²) in [6, 6.07) is 10.2. The van der Waals surface area contributed by atoms with Gasteiger partial charge < -0.3 is 16.2 Å². The minimum absolute atomic E-state index is 0.241. The molecular formula is C15H15FN4O. The Morgan fingerprint density at radius 2 is 2.05 bits per heavy atom. The maximum atomic E-state index is 14.2. The number of benzene rings is 2. The van der Waals surface area contributed by atoms with Crippen molar-refractivity contribution in [2.75, 3.05) is 18.6 Å². The van der Waals surface area contributed by atoms with Crippen molar-refractivity contribution in [1.29, 1.82) is 0 Å². The molecule has 0 aliphatic carbocycles. The first-order valence-corrected chi connectivity index (χ1v) is 6.43. The number of hydrogen-bond donors (Lipinski definition) is 2. The lowest BCUT2D eigenvalue weighted by Crippen LogP contribution is -2.04. The van der Waals surface area contributed by atoms with Crippen LogP contribution in [-0.4, -0.2) is 16.9 Å². The smallest absolute Gasteiger partial charge is 0.157 e. The molecule has 1 heterocycles. The number of nitrogens with zero attached hydrogens (tertiary/aromatic N) is 2. The zero-order valence-electron chi connectivity index (χ0n) is 11.5. The van der Waals surface area contributed by atoms with E-state index in [1.807, 2.05) is 18.2 Å². The monoisotopic (exact) mass is 286 g/mol. The molecule has 0 bridgehead atoms. The summed E-state index contributed by atoms with van der Waals surface area (Å²) in [6.07, 6.45) is 0. The number of ether oxygens (including phenoxy) is 1. The molecular weight excluding hydrogens is 271 g/mol. The molecule has 3 aromatic rings. The quantitative estimate of drug-likeness (QED) is 0.725. The van der Waals surface area contributed by atoms with Gasteiger partial charge in [-0.05, 0) is 29.8 Å². The van der Waals surface area contributed by atoms with Crippen LogP contribution in [0.15, 0.2) is 36.4 Å². The molecule has 3 rings (SSSR count). The molecule has 1 aromatic heterocycles. The Morgan fingerprint density at radius 3 is 2.76 bits per heavy atom. The molecule has 6 heteroatoms. The topological polar surface area (TPSA) is 79.1 Å². The van der Waals surface area contributed by atoms with Gasteiger partial charge >= 0.3 is 0 Å². The van der Waals surface area contributed by atoms with Crippen molar-refractivity contribution in [2.24, 2.45) is 0 Å². The van der Waals surface area contributed by atoms with Crippen LogP contribution in [0.4, 0.5) is 15.9 Å². The SMILES string of the molecule is COc1ccc(F)c2c1c(N)nn2Cc1cccc(N)c1. The first-order valence-electron chi connectivity index (χ1n) is 6.43. The Hall–Kier alpha value is -2.76. The van der Waals surface area contributed by atoms with E-state index in [1.165, 1.54) is 17.9 Å². The van der Waals surface area contributed by atoms with Gasteiger partial charge in [-0.1, -0.05) is 12.1 Å². The molecule has 4 N–H and O–H groups in total. The number of nitrogen functional groups attached to an aromatic ring is 2. The molecule has 0 fully saturated rings. The van der Waals surface area contributed by atoms with E-state index in [-0.39, 0.29) is 11.6 Å². The highest BCUT2D eigenvalue weighted by molar-refractivity contribution is 5.95. The number of fused-ring (bicyclic) bond motifs is 1. The Bertz CT molecular complexity index is 813. The number of methoxy groups -OCH3 is 1. The summed E-state index contributed by atoms with van der Waals surface area (Å²) < 4.78 is 20.9. The third-order valence-electron chi connectivity index (χ3n) is 3.34. The highest BCUT2D eigenvalue weighted by atomic mass is 19.1. The van der Waals surface area contributed by atoms with Crippen LogP contribution in [0.25, 0.3) is 10.9 Å². The minimum Gasteiger partial charge on any atom is -0.496 e. The summed E-state index contributed by atoms with van der Waals surface area (Å²) in [4.78, 5) is 0. The fourth-order valence-corrected chi connectivity index (χ4v) is 2.43. The standard InChI is InChI=1S/C15H15FN4O/c1-21-12-6-5-11(16)14-13(12)15(18)19-20(14)8-9-3-2-4-10(17)7-9/h2-7H,8,17H2,1H3,(H2,18,19). The molecule has 0 aliphatic rings. The molecule has 0 aliphatic heterocycles. The maximum Gasteiger partial charge on any atom is 0.157 e. The first-order chi connectivity index (χ1) is 10.1. The van der Waals surface area contributed by atoms with E-state index in [9.17, 15) is 4.39 Å². The highest BCUT2D eigenvalue weighted by Gasteiger charge is 2.17. The zero-order chi connectivity index (χ0) is 15.0. The van der Waals surface area contributed by atoms with Gasteiger partial charge in [0.05, 0.1) is 19.0 Å². The molecule has 0 spiro atoms. The largest absolute Gasteiger partial charge is 0.496 e. The average molecular weight is 286 g/mol. The molecule has 0 saturated carbocycles. The molecule has 21 heavy (non-hydrogen) atoms. The summed E-state index contributed by atoms with van der Waals surface area (Å²) in [5, 5.41) is 4.71. The second kappa shape index (κ2) is 4.97. The van der Waals surface area contributed by atoms with Crippen molar-refractivity contribution in [3.63, 3.8) is 0 Å². The van der Waals surface area contributed by atoms with E-state index >= 15 is 0 Å². The molecule has 0 saturated heterocycles. The van der Waals surface area contributed by atoms with Crippen molar-refractivity contribution < 1.29 is 9.13 Å². The summed E-state index contributed by atoms with van der Waals surface area (Å²) in [5.74, 6) is 0.354. The number of aromatic nitrogens is 2. The molecule has 0 amide bonds. The van der Waals surface area contributed by atoms with E-state index in [0.717, 1.165) is 5.56 Å². The number of rotatable bonds is 3. The van der Waals surface area contributed by atoms with Crippen molar-refractivity contribution >= 4 is 22.4 Å². The second-order valence-corrected chi connectivity index (χ2v) is 4.76.